The molecule has 9 heteroatoms. The van der Waals surface area contributed by atoms with Crippen LogP contribution >= 0.6 is 11.3 Å². The molecule has 3 aromatic rings. The Bertz CT molecular complexity index is 1070. The van der Waals surface area contributed by atoms with Crippen molar-refractivity contribution in [2.45, 2.75) is 18.7 Å². The quantitative estimate of drug-likeness (QED) is 0.522. The highest BCUT2D eigenvalue weighted by Gasteiger charge is 2.23. The average molecular weight is 389 g/mol. The van der Waals surface area contributed by atoms with Crippen molar-refractivity contribution in [3.63, 3.8) is 0 Å². The van der Waals surface area contributed by atoms with E-state index in [0.29, 0.717) is 5.69 Å². The van der Waals surface area contributed by atoms with Crippen molar-refractivity contribution in [1.29, 1.82) is 0 Å². The molecule has 0 fully saturated rings. The molecule has 1 heterocycles. The van der Waals surface area contributed by atoms with Gasteiger partial charge in [0.15, 0.2) is 0 Å². The Morgan fingerprint density at radius 1 is 1.12 bits per heavy atom. The van der Waals surface area contributed by atoms with Gasteiger partial charge < -0.3 is 0 Å². The summed E-state index contributed by atoms with van der Waals surface area (Å²) in [7, 11) is -3.94. The van der Waals surface area contributed by atoms with E-state index in [0.717, 1.165) is 16.3 Å². The van der Waals surface area contributed by atoms with E-state index in [-0.39, 0.29) is 16.1 Å². The lowest BCUT2D eigenvalue weighted by Crippen LogP contribution is -2.14. The van der Waals surface area contributed by atoms with Crippen molar-refractivity contribution >= 4 is 32.7 Å². The van der Waals surface area contributed by atoms with Crippen LogP contribution in [0.5, 0.6) is 0 Å². The summed E-state index contributed by atoms with van der Waals surface area (Å²) in [4.78, 5) is 14.7. The average Bonchev–Trinajstić information content (AvgIpc) is 3.01. The number of thiazole rings is 1. The van der Waals surface area contributed by atoms with Crippen LogP contribution in [0.2, 0.25) is 0 Å². The van der Waals surface area contributed by atoms with Gasteiger partial charge in [-0.15, -0.1) is 11.3 Å². The lowest BCUT2D eigenvalue weighted by Gasteiger charge is -2.11. The maximum Gasteiger partial charge on any atom is 0.273 e. The third kappa shape index (κ3) is 3.58. The molecule has 0 amide bonds. The van der Waals surface area contributed by atoms with E-state index >= 15 is 0 Å². The van der Waals surface area contributed by atoms with Gasteiger partial charge in [-0.2, -0.15) is 0 Å². The van der Waals surface area contributed by atoms with E-state index in [4.69, 9.17) is 0 Å². The smallest absolute Gasteiger partial charge is 0.273 e. The van der Waals surface area contributed by atoms with E-state index < -0.39 is 14.9 Å². The zero-order valence-electron chi connectivity index (χ0n) is 14.0. The van der Waals surface area contributed by atoms with Crippen LogP contribution in [-0.2, 0) is 10.0 Å². The molecule has 0 aliphatic heterocycles. The normalized spacial score (nSPS) is 11.3. The monoisotopic (exact) mass is 389 g/mol. The van der Waals surface area contributed by atoms with E-state index in [2.05, 4.69) is 9.71 Å². The molecule has 1 N–H and O–H groups in total. The van der Waals surface area contributed by atoms with Crippen LogP contribution in [0.25, 0.3) is 11.3 Å². The SMILES string of the molecule is Cc1nc(-c2ccc(NS(=O)(=O)c3cccc([N+](=O)[O-])c3C)cc2)cs1. The molecule has 0 unspecified atom stereocenters. The summed E-state index contributed by atoms with van der Waals surface area (Å²) >= 11 is 1.54. The van der Waals surface area contributed by atoms with Crippen molar-refractivity contribution in [2.24, 2.45) is 0 Å². The van der Waals surface area contributed by atoms with Gasteiger partial charge in [-0.25, -0.2) is 13.4 Å². The molecule has 134 valence electrons. The Hall–Kier alpha value is -2.78. The first kappa shape index (κ1) is 18.0. The molecule has 0 bridgehead atoms. The topological polar surface area (TPSA) is 102 Å². The Kier molecular flexibility index (Phi) is 4.75. The predicted molar refractivity (Wildman–Crippen MR) is 101 cm³/mol. The minimum absolute atomic E-state index is 0.0968. The van der Waals surface area contributed by atoms with Crippen molar-refractivity contribution < 1.29 is 13.3 Å². The molecule has 0 atom stereocenters. The van der Waals surface area contributed by atoms with Crippen molar-refractivity contribution in [1.82, 2.24) is 4.98 Å². The van der Waals surface area contributed by atoms with Crippen LogP contribution in [0.4, 0.5) is 11.4 Å². The fraction of sp³-hybridized carbons (Fsp3) is 0.118. The number of rotatable bonds is 5. The number of nitrogens with one attached hydrogen (secondary N) is 1. The zero-order valence-corrected chi connectivity index (χ0v) is 15.6. The number of nitrogens with zero attached hydrogens (tertiary/aromatic N) is 2. The number of aryl methyl sites for hydroxylation is 1. The summed E-state index contributed by atoms with van der Waals surface area (Å²) < 4.78 is 27.7. The Labute approximate surface area is 154 Å². The van der Waals surface area contributed by atoms with Gasteiger partial charge >= 0.3 is 0 Å². The van der Waals surface area contributed by atoms with E-state index in [1.54, 1.807) is 24.3 Å². The summed E-state index contributed by atoms with van der Waals surface area (Å²) in [5, 5.41) is 13.9. The third-order valence-corrected chi connectivity index (χ3v) is 6.09. The molecule has 0 aliphatic rings. The largest absolute Gasteiger partial charge is 0.280 e. The standard InChI is InChI=1S/C17H15N3O4S2/c1-11-16(20(21)22)4-3-5-17(11)26(23,24)19-14-8-6-13(7-9-14)15-10-25-12(2)18-15/h3-10,19H,1-2H3. The summed E-state index contributed by atoms with van der Waals surface area (Å²) in [5.74, 6) is 0. The van der Waals surface area contributed by atoms with Gasteiger partial charge in [0.1, 0.15) is 0 Å². The maximum atomic E-state index is 12.6. The molecular weight excluding hydrogens is 374 g/mol. The number of anilines is 1. The number of hydrogen-bond donors (Lipinski definition) is 1. The summed E-state index contributed by atoms with van der Waals surface area (Å²) in [6.07, 6.45) is 0. The lowest BCUT2D eigenvalue weighted by molar-refractivity contribution is -0.385. The fourth-order valence-electron chi connectivity index (χ4n) is 2.51. The first-order chi connectivity index (χ1) is 12.3. The molecule has 0 aliphatic carbocycles. The molecular formula is C17H15N3O4S2. The minimum Gasteiger partial charge on any atom is -0.280 e. The van der Waals surface area contributed by atoms with E-state index in [9.17, 15) is 18.5 Å². The van der Waals surface area contributed by atoms with Crippen LogP contribution in [0.15, 0.2) is 52.7 Å². The Morgan fingerprint density at radius 3 is 2.38 bits per heavy atom. The van der Waals surface area contributed by atoms with Crippen molar-refractivity contribution in [2.75, 3.05) is 4.72 Å². The Balaban J connectivity index is 1.88. The van der Waals surface area contributed by atoms with Crippen LogP contribution in [0, 0.1) is 24.0 Å². The lowest BCUT2D eigenvalue weighted by atomic mass is 10.1. The second-order valence-corrected chi connectivity index (χ2v) is 8.31. The van der Waals surface area contributed by atoms with Crippen LogP contribution in [0.3, 0.4) is 0 Å². The molecule has 7 nitrogen and oxygen atoms in total. The van der Waals surface area contributed by atoms with Crippen LogP contribution in [0.1, 0.15) is 10.6 Å². The highest BCUT2D eigenvalue weighted by Crippen LogP contribution is 2.27. The first-order valence-corrected chi connectivity index (χ1v) is 9.93. The van der Waals surface area contributed by atoms with Crippen molar-refractivity contribution in [3.8, 4) is 11.3 Å². The molecule has 2 aromatic carbocycles. The molecule has 0 spiro atoms. The second kappa shape index (κ2) is 6.85. The van der Waals surface area contributed by atoms with Crippen LogP contribution in [-0.4, -0.2) is 18.3 Å². The number of aromatic nitrogens is 1. The molecule has 1 aromatic heterocycles. The van der Waals surface area contributed by atoms with E-state index in [1.165, 1.54) is 36.5 Å². The molecule has 26 heavy (non-hydrogen) atoms. The first-order valence-electron chi connectivity index (χ1n) is 7.57. The zero-order chi connectivity index (χ0) is 18.9. The second-order valence-electron chi connectivity index (χ2n) is 5.59. The van der Waals surface area contributed by atoms with Gasteiger partial charge in [0.05, 0.1) is 20.5 Å². The molecule has 0 saturated carbocycles. The van der Waals surface area contributed by atoms with Gasteiger partial charge in [-0.1, -0.05) is 18.2 Å². The van der Waals surface area contributed by atoms with Gasteiger partial charge in [-0.05, 0) is 32.0 Å². The van der Waals surface area contributed by atoms with Gasteiger partial charge in [0.2, 0.25) is 0 Å². The Morgan fingerprint density at radius 2 is 1.81 bits per heavy atom. The summed E-state index contributed by atoms with van der Waals surface area (Å²) in [6, 6.07) is 10.8. The number of nitro benzene ring substituents is 1. The van der Waals surface area contributed by atoms with E-state index in [1.807, 2.05) is 12.3 Å². The number of nitro groups is 1. The maximum absolute atomic E-state index is 12.6. The number of benzene rings is 2. The van der Waals surface area contributed by atoms with Gasteiger partial charge in [-0.3, -0.25) is 14.8 Å². The van der Waals surface area contributed by atoms with Gasteiger partial charge in [0.25, 0.3) is 15.7 Å². The summed E-state index contributed by atoms with van der Waals surface area (Å²) in [6.45, 7) is 3.33. The third-order valence-electron chi connectivity index (χ3n) is 3.79. The highest BCUT2D eigenvalue weighted by molar-refractivity contribution is 7.92. The minimum atomic E-state index is -3.94. The predicted octanol–water partition coefficient (Wildman–Crippen LogP) is 4.14. The van der Waals surface area contributed by atoms with Gasteiger partial charge in [0, 0.05) is 28.3 Å². The summed E-state index contributed by atoms with van der Waals surface area (Å²) in [5.41, 5.74) is 1.94. The fourth-order valence-corrected chi connectivity index (χ4v) is 4.45. The van der Waals surface area contributed by atoms with Crippen molar-refractivity contribution in [3.05, 3.63) is 68.5 Å². The number of sulfonamides is 1. The molecule has 0 radical (unpaired) electrons. The van der Waals surface area contributed by atoms with Crippen LogP contribution < -0.4 is 4.72 Å². The highest BCUT2D eigenvalue weighted by atomic mass is 32.2. The number of hydrogen-bond acceptors (Lipinski definition) is 6. The molecule has 0 saturated heterocycles. The molecule has 3 rings (SSSR count).